The van der Waals surface area contributed by atoms with Gasteiger partial charge in [0.2, 0.25) is 0 Å². The Bertz CT molecular complexity index is 1670. The van der Waals surface area contributed by atoms with Crippen LogP contribution in [0.4, 0.5) is 34.1 Å². The number of anilines is 4. The molecular formula is C26H24N8O6. The first-order valence-electron chi connectivity index (χ1n) is 11.3. The van der Waals surface area contributed by atoms with E-state index in [1.54, 1.807) is 30.3 Å². The molecule has 40 heavy (non-hydrogen) atoms. The predicted octanol–water partition coefficient (Wildman–Crippen LogP) is 4.45. The Morgan fingerprint density at radius 2 is 1.25 bits per heavy atom. The number of aromatic carboxylic acids is 1. The quantitative estimate of drug-likeness (QED) is 0.105. The first kappa shape index (κ1) is 28.4. The number of fused-ring (bicyclic) bond motifs is 1. The number of carboxylic acids is 1. The molecular weight excluding hydrogens is 520 g/mol. The van der Waals surface area contributed by atoms with Crippen molar-refractivity contribution in [3.63, 3.8) is 0 Å². The Morgan fingerprint density at radius 3 is 1.77 bits per heavy atom. The van der Waals surface area contributed by atoms with Crippen molar-refractivity contribution in [2.75, 3.05) is 22.9 Å². The molecule has 0 saturated carbocycles. The number of nitrogens with two attached hydrogens (primary N) is 4. The second-order valence-electron chi connectivity index (χ2n) is 8.16. The van der Waals surface area contributed by atoms with Gasteiger partial charge in [-0.25, -0.2) is 9.78 Å². The minimum atomic E-state index is -0.931. The fourth-order valence-corrected chi connectivity index (χ4v) is 3.19. The van der Waals surface area contributed by atoms with Gasteiger partial charge >= 0.3 is 5.97 Å². The molecule has 0 radical (unpaired) electrons. The molecule has 0 amide bonds. The molecule has 0 fully saturated rings. The molecule has 204 valence electrons. The fraction of sp³-hybridized carbons (Fsp3) is 0. The molecule has 14 nitrogen and oxygen atoms in total. The van der Waals surface area contributed by atoms with E-state index in [4.69, 9.17) is 28.0 Å². The maximum absolute atomic E-state index is 10.7. The van der Waals surface area contributed by atoms with E-state index in [9.17, 15) is 25.0 Å². The zero-order valence-electron chi connectivity index (χ0n) is 20.7. The summed E-state index contributed by atoms with van der Waals surface area (Å²) in [5, 5.41) is 29.3. The van der Waals surface area contributed by atoms with Crippen LogP contribution < -0.4 is 22.9 Å². The summed E-state index contributed by atoms with van der Waals surface area (Å²) < 4.78 is 0. The van der Waals surface area contributed by atoms with Crippen molar-refractivity contribution in [1.82, 2.24) is 9.97 Å². The third-order valence-electron chi connectivity index (χ3n) is 5.30. The first-order chi connectivity index (χ1) is 18.9. The standard InChI is InChI=1S/C13H10N4O2.C7H7NO2.C6H7N3O2/c14-9-3-1-8(2-4-9)13-15-11-6-5-10(17(18)19)7-12(11)16-13;8-6-3-1-5(2-4-6)7(9)10;7-5-2-1-4(9(10)11)3-6(5)8/h1-7H,14H2,(H,15,16);1-4H,8H2,(H,9,10);1-3H,7-8H2. The normalized spacial score (nSPS) is 10.0. The molecule has 0 aliphatic heterocycles. The Kier molecular flexibility index (Phi) is 8.78. The van der Waals surface area contributed by atoms with E-state index in [1.165, 1.54) is 42.5 Å². The second kappa shape index (κ2) is 12.4. The van der Waals surface area contributed by atoms with Gasteiger partial charge in [-0.3, -0.25) is 20.2 Å². The minimum Gasteiger partial charge on any atom is -0.478 e. The lowest BCUT2D eigenvalue weighted by Gasteiger charge is -1.97. The first-order valence-corrected chi connectivity index (χ1v) is 11.3. The number of aromatic nitrogens is 2. The number of non-ortho nitro benzene ring substituents is 2. The van der Waals surface area contributed by atoms with Crippen LogP contribution >= 0.6 is 0 Å². The number of benzene rings is 4. The zero-order chi connectivity index (χ0) is 29.4. The van der Waals surface area contributed by atoms with Crippen molar-refractivity contribution in [2.45, 2.75) is 0 Å². The second-order valence-corrected chi connectivity index (χ2v) is 8.16. The molecule has 0 unspecified atom stereocenters. The van der Waals surface area contributed by atoms with Crippen molar-refractivity contribution >= 4 is 51.1 Å². The molecule has 0 saturated heterocycles. The third kappa shape index (κ3) is 7.42. The van der Waals surface area contributed by atoms with Gasteiger partial charge in [0, 0.05) is 41.2 Å². The summed E-state index contributed by atoms with van der Waals surface area (Å²) in [4.78, 5) is 37.7. The summed E-state index contributed by atoms with van der Waals surface area (Å²) >= 11 is 0. The molecule has 10 N–H and O–H groups in total. The van der Waals surface area contributed by atoms with Gasteiger partial charge in [-0.1, -0.05) is 0 Å². The Balaban J connectivity index is 0.000000180. The smallest absolute Gasteiger partial charge is 0.335 e. The van der Waals surface area contributed by atoms with Gasteiger partial charge in [0.25, 0.3) is 11.4 Å². The van der Waals surface area contributed by atoms with Crippen molar-refractivity contribution in [3.05, 3.63) is 111 Å². The lowest BCUT2D eigenvalue weighted by molar-refractivity contribution is -0.384. The Labute approximate surface area is 226 Å². The number of nitrogens with one attached hydrogen (secondary N) is 1. The lowest BCUT2D eigenvalue weighted by Crippen LogP contribution is -1.96. The number of nitrogen functional groups attached to an aromatic ring is 4. The Hall–Kier alpha value is -6.18. The fourth-order valence-electron chi connectivity index (χ4n) is 3.19. The molecule has 4 aromatic carbocycles. The number of imidazole rings is 1. The number of nitrogens with zero attached hydrogens (tertiary/aromatic N) is 3. The molecule has 14 heteroatoms. The monoisotopic (exact) mass is 544 g/mol. The highest BCUT2D eigenvalue weighted by Crippen LogP contribution is 2.24. The topological polar surface area (TPSA) is 256 Å². The van der Waals surface area contributed by atoms with Gasteiger partial charge in [-0.05, 0) is 60.7 Å². The van der Waals surface area contributed by atoms with Crippen molar-refractivity contribution < 1.29 is 19.7 Å². The molecule has 1 heterocycles. The van der Waals surface area contributed by atoms with Crippen LogP contribution in [0.3, 0.4) is 0 Å². The van der Waals surface area contributed by atoms with Crippen LogP contribution in [0, 0.1) is 20.2 Å². The van der Waals surface area contributed by atoms with Gasteiger partial charge in [0.15, 0.2) is 0 Å². The minimum absolute atomic E-state index is 0.0417. The van der Waals surface area contributed by atoms with Crippen molar-refractivity contribution in [3.8, 4) is 11.4 Å². The molecule has 0 aliphatic carbocycles. The van der Waals surface area contributed by atoms with E-state index in [1.807, 2.05) is 12.1 Å². The summed E-state index contributed by atoms with van der Waals surface area (Å²) in [7, 11) is 0. The van der Waals surface area contributed by atoms with E-state index in [2.05, 4.69) is 9.97 Å². The predicted molar refractivity (Wildman–Crippen MR) is 152 cm³/mol. The highest BCUT2D eigenvalue weighted by atomic mass is 16.6. The van der Waals surface area contributed by atoms with Gasteiger partial charge in [0.1, 0.15) is 5.82 Å². The molecule has 0 aliphatic rings. The van der Waals surface area contributed by atoms with E-state index < -0.39 is 15.8 Å². The van der Waals surface area contributed by atoms with Crippen LogP contribution in [0.2, 0.25) is 0 Å². The van der Waals surface area contributed by atoms with E-state index in [0.29, 0.717) is 33.9 Å². The number of carboxylic acid groups (broad SMARTS) is 1. The lowest BCUT2D eigenvalue weighted by atomic mass is 10.2. The van der Waals surface area contributed by atoms with Gasteiger partial charge in [-0.2, -0.15) is 0 Å². The van der Waals surface area contributed by atoms with Crippen LogP contribution in [-0.2, 0) is 0 Å². The number of aromatic amines is 1. The molecule has 0 atom stereocenters. The van der Waals surface area contributed by atoms with Crippen LogP contribution in [0.15, 0.2) is 84.9 Å². The van der Waals surface area contributed by atoms with Crippen molar-refractivity contribution in [1.29, 1.82) is 0 Å². The SMILES string of the molecule is Nc1ccc(-c2nc3ccc([N+](=O)[O-])cc3[nH]2)cc1.Nc1ccc(C(=O)O)cc1.Nc1ccc([N+](=O)[O-])cc1N. The van der Waals surface area contributed by atoms with Crippen LogP contribution in [0.25, 0.3) is 22.4 Å². The summed E-state index contributed by atoms with van der Waals surface area (Å²) in [6, 6.07) is 21.8. The Morgan fingerprint density at radius 1 is 0.725 bits per heavy atom. The maximum Gasteiger partial charge on any atom is 0.335 e. The summed E-state index contributed by atoms with van der Waals surface area (Å²) in [5.74, 6) is -0.268. The third-order valence-corrected chi connectivity index (χ3v) is 5.30. The number of carbonyl (C=O) groups is 1. The van der Waals surface area contributed by atoms with Crippen LogP contribution in [-0.4, -0.2) is 30.9 Å². The number of hydrogen-bond acceptors (Lipinski definition) is 10. The summed E-state index contributed by atoms with van der Waals surface area (Å²) in [6.45, 7) is 0. The number of rotatable bonds is 4. The maximum atomic E-state index is 10.7. The van der Waals surface area contributed by atoms with Gasteiger partial charge in [-0.15, -0.1) is 0 Å². The number of nitro groups is 2. The van der Waals surface area contributed by atoms with E-state index >= 15 is 0 Å². The highest BCUT2D eigenvalue weighted by molar-refractivity contribution is 5.87. The number of nitro benzene ring substituents is 2. The summed E-state index contributed by atoms with van der Waals surface area (Å²) in [6.07, 6.45) is 0. The van der Waals surface area contributed by atoms with Crippen molar-refractivity contribution in [2.24, 2.45) is 0 Å². The number of hydrogen-bond donors (Lipinski definition) is 6. The number of H-pyrrole nitrogens is 1. The molecule has 0 spiro atoms. The molecule has 0 bridgehead atoms. The zero-order valence-corrected chi connectivity index (χ0v) is 20.7. The largest absolute Gasteiger partial charge is 0.478 e. The van der Waals surface area contributed by atoms with Gasteiger partial charge in [0.05, 0.1) is 37.8 Å². The summed E-state index contributed by atoms with van der Waals surface area (Å²) in [5.41, 5.74) is 25.9. The highest BCUT2D eigenvalue weighted by Gasteiger charge is 2.10. The van der Waals surface area contributed by atoms with E-state index in [-0.39, 0.29) is 22.6 Å². The average Bonchev–Trinajstić information content (AvgIpc) is 3.35. The molecule has 1 aromatic heterocycles. The molecule has 5 rings (SSSR count). The van der Waals surface area contributed by atoms with Gasteiger partial charge < -0.3 is 33.0 Å². The van der Waals surface area contributed by atoms with Crippen LogP contribution in [0.5, 0.6) is 0 Å². The molecule has 5 aromatic rings. The average molecular weight is 545 g/mol. The van der Waals surface area contributed by atoms with E-state index in [0.717, 1.165) is 5.56 Å². The van der Waals surface area contributed by atoms with Crippen LogP contribution in [0.1, 0.15) is 10.4 Å².